The molecule has 1 aromatic carbocycles. The molecule has 0 amide bonds. The second-order valence-electron chi connectivity index (χ2n) is 3.81. The van der Waals surface area contributed by atoms with Crippen LogP contribution in [0.15, 0.2) is 23.2 Å². The SMILES string of the molecule is CC(C)c1ccc2c(c1)C(=N)N=C2N. The number of nitrogens with two attached hydrogens (primary N) is 1. The second kappa shape index (κ2) is 2.94. The van der Waals surface area contributed by atoms with Crippen molar-refractivity contribution < 1.29 is 0 Å². The normalized spacial score (nSPS) is 14.5. The highest BCUT2D eigenvalue weighted by Gasteiger charge is 2.18. The molecule has 3 heteroatoms. The van der Waals surface area contributed by atoms with Gasteiger partial charge in [0.15, 0.2) is 5.84 Å². The standard InChI is InChI=1S/C11H13N3/c1-6(2)7-3-4-8-9(5-7)11(13)14-10(8)12/h3-6H,1-2H3,(H3,12,13,14). The summed E-state index contributed by atoms with van der Waals surface area (Å²) in [6.07, 6.45) is 0. The van der Waals surface area contributed by atoms with E-state index in [1.807, 2.05) is 18.2 Å². The van der Waals surface area contributed by atoms with E-state index >= 15 is 0 Å². The number of aliphatic imine (C=N–C) groups is 1. The molecule has 1 heterocycles. The molecule has 0 spiro atoms. The van der Waals surface area contributed by atoms with Crippen LogP contribution in [0.25, 0.3) is 0 Å². The Kier molecular flexibility index (Phi) is 1.88. The van der Waals surface area contributed by atoms with Gasteiger partial charge in [-0.05, 0) is 17.5 Å². The zero-order chi connectivity index (χ0) is 10.3. The van der Waals surface area contributed by atoms with Crippen molar-refractivity contribution in [3.8, 4) is 0 Å². The van der Waals surface area contributed by atoms with Crippen molar-refractivity contribution in [3.63, 3.8) is 0 Å². The molecule has 1 aromatic rings. The third-order valence-electron chi connectivity index (χ3n) is 2.47. The van der Waals surface area contributed by atoms with Gasteiger partial charge in [-0.1, -0.05) is 26.0 Å². The van der Waals surface area contributed by atoms with E-state index in [0.29, 0.717) is 11.8 Å². The van der Waals surface area contributed by atoms with E-state index in [0.717, 1.165) is 11.1 Å². The van der Waals surface area contributed by atoms with Crippen molar-refractivity contribution >= 4 is 11.7 Å². The van der Waals surface area contributed by atoms with Crippen LogP contribution in [0.1, 0.15) is 36.5 Å². The summed E-state index contributed by atoms with van der Waals surface area (Å²) in [5.41, 5.74) is 8.64. The summed E-state index contributed by atoms with van der Waals surface area (Å²) >= 11 is 0. The van der Waals surface area contributed by atoms with E-state index in [4.69, 9.17) is 11.1 Å². The third kappa shape index (κ3) is 1.21. The molecule has 0 radical (unpaired) electrons. The smallest absolute Gasteiger partial charge is 0.154 e. The van der Waals surface area contributed by atoms with Gasteiger partial charge in [-0.15, -0.1) is 0 Å². The van der Waals surface area contributed by atoms with Crippen molar-refractivity contribution in [2.75, 3.05) is 0 Å². The third-order valence-corrected chi connectivity index (χ3v) is 2.47. The zero-order valence-electron chi connectivity index (χ0n) is 8.33. The number of rotatable bonds is 1. The lowest BCUT2D eigenvalue weighted by atomic mass is 9.98. The van der Waals surface area contributed by atoms with Gasteiger partial charge in [0.1, 0.15) is 5.84 Å². The minimum absolute atomic E-state index is 0.278. The Morgan fingerprint density at radius 3 is 2.64 bits per heavy atom. The molecule has 0 atom stereocenters. The van der Waals surface area contributed by atoms with Gasteiger partial charge >= 0.3 is 0 Å². The number of nitrogens with zero attached hydrogens (tertiary/aromatic N) is 1. The maximum Gasteiger partial charge on any atom is 0.154 e. The minimum atomic E-state index is 0.278. The van der Waals surface area contributed by atoms with E-state index < -0.39 is 0 Å². The Balaban J connectivity index is 2.55. The first-order chi connectivity index (χ1) is 6.59. The molecule has 0 bridgehead atoms. The number of hydrogen-bond donors (Lipinski definition) is 2. The summed E-state index contributed by atoms with van der Waals surface area (Å²) in [5, 5.41) is 7.63. The predicted octanol–water partition coefficient (Wildman–Crippen LogP) is 1.85. The molecule has 0 saturated carbocycles. The number of fused-ring (bicyclic) bond motifs is 1. The van der Waals surface area contributed by atoms with Gasteiger partial charge in [0.05, 0.1) is 0 Å². The van der Waals surface area contributed by atoms with Gasteiger partial charge in [-0.3, -0.25) is 5.41 Å². The number of benzene rings is 1. The van der Waals surface area contributed by atoms with Gasteiger partial charge in [0.2, 0.25) is 0 Å². The first-order valence-corrected chi connectivity index (χ1v) is 4.67. The van der Waals surface area contributed by atoms with Crippen molar-refractivity contribution in [1.82, 2.24) is 0 Å². The lowest BCUT2D eigenvalue weighted by molar-refractivity contribution is 0.866. The quantitative estimate of drug-likeness (QED) is 0.692. The highest BCUT2D eigenvalue weighted by Crippen LogP contribution is 2.22. The van der Waals surface area contributed by atoms with E-state index in [1.54, 1.807) is 0 Å². The predicted molar refractivity (Wildman–Crippen MR) is 58.1 cm³/mol. The van der Waals surface area contributed by atoms with Gasteiger partial charge in [0.25, 0.3) is 0 Å². The first-order valence-electron chi connectivity index (χ1n) is 4.67. The summed E-state index contributed by atoms with van der Waals surface area (Å²) in [6.45, 7) is 4.26. The molecule has 3 nitrogen and oxygen atoms in total. The van der Waals surface area contributed by atoms with Crippen LogP contribution >= 0.6 is 0 Å². The Bertz CT molecular complexity index is 430. The van der Waals surface area contributed by atoms with E-state index in [9.17, 15) is 0 Å². The van der Waals surface area contributed by atoms with Crippen molar-refractivity contribution in [1.29, 1.82) is 5.41 Å². The monoisotopic (exact) mass is 187 g/mol. The summed E-state index contributed by atoms with van der Waals surface area (Å²) in [5.74, 6) is 1.20. The van der Waals surface area contributed by atoms with Crippen LogP contribution in [0.5, 0.6) is 0 Å². The maximum absolute atomic E-state index is 7.63. The Labute approximate surface area is 83.2 Å². The zero-order valence-corrected chi connectivity index (χ0v) is 8.33. The Hall–Kier alpha value is -1.64. The average molecular weight is 187 g/mol. The molecule has 3 N–H and O–H groups in total. The second-order valence-corrected chi connectivity index (χ2v) is 3.81. The summed E-state index contributed by atoms with van der Waals surface area (Å²) in [6, 6.07) is 6.00. The number of hydrogen-bond acceptors (Lipinski definition) is 2. The number of amidine groups is 2. The molecular weight excluding hydrogens is 174 g/mol. The average Bonchev–Trinajstić information content (AvgIpc) is 2.42. The van der Waals surface area contributed by atoms with Crippen LogP contribution in [0, 0.1) is 5.41 Å². The topological polar surface area (TPSA) is 62.2 Å². The summed E-state index contributed by atoms with van der Waals surface area (Å²) < 4.78 is 0. The van der Waals surface area contributed by atoms with Gasteiger partial charge in [0, 0.05) is 11.1 Å². The van der Waals surface area contributed by atoms with Crippen LogP contribution < -0.4 is 5.73 Å². The molecule has 0 saturated heterocycles. The van der Waals surface area contributed by atoms with Crippen molar-refractivity contribution in [3.05, 3.63) is 34.9 Å². The molecule has 0 aromatic heterocycles. The molecule has 0 unspecified atom stereocenters. The van der Waals surface area contributed by atoms with Crippen molar-refractivity contribution in [2.45, 2.75) is 19.8 Å². The number of nitrogens with one attached hydrogen (secondary N) is 1. The van der Waals surface area contributed by atoms with E-state index in [-0.39, 0.29) is 5.84 Å². The molecule has 1 aliphatic rings. The fourth-order valence-electron chi connectivity index (χ4n) is 1.58. The summed E-state index contributed by atoms with van der Waals surface area (Å²) in [4.78, 5) is 3.94. The van der Waals surface area contributed by atoms with Crippen LogP contribution in [-0.4, -0.2) is 11.7 Å². The summed E-state index contributed by atoms with van der Waals surface area (Å²) in [7, 11) is 0. The molecule has 2 rings (SSSR count). The van der Waals surface area contributed by atoms with Crippen molar-refractivity contribution in [2.24, 2.45) is 10.7 Å². The van der Waals surface area contributed by atoms with Crippen LogP contribution in [-0.2, 0) is 0 Å². The van der Waals surface area contributed by atoms with Crippen LogP contribution in [0.2, 0.25) is 0 Å². The van der Waals surface area contributed by atoms with Crippen LogP contribution in [0.3, 0.4) is 0 Å². The lowest BCUT2D eigenvalue weighted by Gasteiger charge is -2.07. The Morgan fingerprint density at radius 1 is 1.29 bits per heavy atom. The molecule has 72 valence electrons. The Morgan fingerprint density at radius 2 is 2.00 bits per heavy atom. The lowest BCUT2D eigenvalue weighted by Crippen LogP contribution is -2.10. The highest BCUT2D eigenvalue weighted by molar-refractivity contribution is 6.20. The molecule has 0 aliphatic carbocycles. The fourth-order valence-corrected chi connectivity index (χ4v) is 1.58. The van der Waals surface area contributed by atoms with Gasteiger partial charge in [-0.25, -0.2) is 4.99 Å². The van der Waals surface area contributed by atoms with Gasteiger partial charge in [-0.2, -0.15) is 0 Å². The van der Waals surface area contributed by atoms with E-state index in [1.165, 1.54) is 5.56 Å². The largest absolute Gasteiger partial charge is 0.383 e. The molecule has 0 fully saturated rings. The molecule has 1 aliphatic heterocycles. The minimum Gasteiger partial charge on any atom is -0.383 e. The van der Waals surface area contributed by atoms with Gasteiger partial charge < -0.3 is 5.73 Å². The van der Waals surface area contributed by atoms with Crippen LogP contribution in [0.4, 0.5) is 0 Å². The fraction of sp³-hybridized carbons (Fsp3) is 0.273. The molecular formula is C11H13N3. The first kappa shape index (κ1) is 8.94. The maximum atomic E-state index is 7.63. The molecule has 14 heavy (non-hydrogen) atoms. The highest BCUT2D eigenvalue weighted by atomic mass is 14.9. The van der Waals surface area contributed by atoms with E-state index in [2.05, 4.69) is 18.8 Å².